The van der Waals surface area contributed by atoms with Crippen LogP contribution in [-0.4, -0.2) is 16.6 Å². The molecule has 0 spiro atoms. The zero-order valence-corrected chi connectivity index (χ0v) is 9.44. The van der Waals surface area contributed by atoms with Crippen molar-refractivity contribution in [3.8, 4) is 0 Å². The van der Waals surface area contributed by atoms with E-state index in [0.29, 0.717) is 0 Å². The quantitative estimate of drug-likeness (QED) is 0.311. The summed E-state index contributed by atoms with van der Waals surface area (Å²) in [7, 11) is 14.8. The molecule has 0 radical (unpaired) electrons. The van der Waals surface area contributed by atoms with Crippen molar-refractivity contribution in [2.75, 3.05) is 0 Å². The SMILES string of the molecule is O=NO.[Cl][Al]([Cl])[Cl].[H-].[Na+]. The van der Waals surface area contributed by atoms with Crippen LogP contribution in [0.25, 0.3) is 0 Å². The normalized spacial score (nSPS) is 4.88. The molecule has 3 nitrogen and oxygen atoms in total. The van der Waals surface area contributed by atoms with Crippen LogP contribution in [0.4, 0.5) is 0 Å². The van der Waals surface area contributed by atoms with Gasteiger partial charge in [-0.15, -0.1) is 4.91 Å². The largest absolute Gasteiger partial charge is 1.00 e. The zero-order valence-electron chi connectivity index (χ0n) is 5.01. The molecular weight excluding hydrogens is 202 g/mol. The number of halogens is 3. The van der Waals surface area contributed by atoms with Gasteiger partial charge < -0.3 is 6.63 Å². The van der Waals surface area contributed by atoms with Gasteiger partial charge in [0.1, 0.15) is 0 Å². The third kappa shape index (κ3) is 111. The summed E-state index contributed by atoms with van der Waals surface area (Å²) in [5.74, 6) is 0. The average molecular weight is 204 g/mol. The molecule has 0 rings (SSSR count). The monoisotopic (exact) mass is 203 g/mol. The van der Waals surface area contributed by atoms with E-state index in [1.165, 1.54) is 5.34 Å². The van der Waals surface area contributed by atoms with E-state index in [2.05, 4.69) is 0 Å². The van der Waals surface area contributed by atoms with Crippen LogP contribution in [0.15, 0.2) is 5.34 Å². The van der Waals surface area contributed by atoms with Crippen molar-refractivity contribution in [3.05, 3.63) is 4.91 Å². The fraction of sp³-hybridized carbons (Fsp3) is 0. The fourth-order valence-electron chi connectivity index (χ4n) is 0. The molecule has 0 saturated heterocycles. The third-order valence-electron chi connectivity index (χ3n) is 0. The Balaban J connectivity index is -0.0000000233. The Morgan fingerprint density at radius 2 is 1.50 bits per heavy atom. The van der Waals surface area contributed by atoms with Crippen molar-refractivity contribution in [2.45, 2.75) is 0 Å². The van der Waals surface area contributed by atoms with E-state index < -0.39 is 11.4 Å². The molecule has 0 aromatic rings. The molecule has 0 aliphatic carbocycles. The van der Waals surface area contributed by atoms with Gasteiger partial charge in [0.2, 0.25) is 0 Å². The minimum atomic E-state index is -1.72. The maximum Gasteiger partial charge on any atom is 1.00 e. The van der Waals surface area contributed by atoms with Crippen molar-refractivity contribution in [1.82, 2.24) is 0 Å². The van der Waals surface area contributed by atoms with Crippen LogP contribution < -0.4 is 29.6 Å². The Morgan fingerprint density at radius 3 is 1.50 bits per heavy atom. The van der Waals surface area contributed by atoms with Gasteiger partial charge in [-0.1, -0.05) is 0 Å². The van der Waals surface area contributed by atoms with E-state index in [4.69, 9.17) is 40.3 Å². The summed E-state index contributed by atoms with van der Waals surface area (Å²) < 4.78 is 0. The minimum Gasteiger partial charge on any atom is -1.00 e. The Kier molecular flexibility index (Phi) is 32.7. The van der Waals surface area contributed by atoms with Gasteiger partial charge in [0.25, 0.3) is 0 Å². The van der Waals surface area contributed by atoms with Gasteiger partial charge in [0.15, 0.2) is 5.34 Å². The van der Waals surface area contributed by atoms with Gasteiger partial charge in [-0.2, -0.15) is 0 Å². The van der Waals surface area contributed by atoms with Gasteiger partial charge in [-0.3, -0.25) is 0 Å². The molecule has 8 heavy (non-hydrogen) atoms. The van der Waals surface area contributed by atoms with E-state index in [1.807, 2.05) is 0 Å². The van der Waals surface area contributed by atoms with E-state index >= 15 is 0 Å². The van der Waals surface area contributed by atoms with Crippen molar-refractivity contribution >= 4 is 41.5 Å². The number of hydrogen-bond donors (Lipinski definition) is 1. The topological polar surface area (TPSA) is 49.7 Å². The van der Waals surface area contributed by atoms with Crippen molar-refractivity contribution in [3.63, 3.8) is 0 Å². The van der Waals surface area contributed by atoms with Crippen LogP contribution in [0.2, 0.25) is 0 Å². The van der Waals surface area contributed by atoms with Gasteiger partial charge in [0.05, 0.1) is 0 Å². The summed E-state index contributed by atoms with van der Waals surface area (Å²) in [6.45, 7) is 0. The molecular formula is H2AlCl3NNaO2. The van der Waals surface area contributed by atoms with Crippen LogP contribution in [0.5, 0.6) is 0 Å². The summed E-state index contributed by atoms with van der Waals surface area (Å²) in [6.07, 6.45) is 0. The van der Waals surface area contributed by atoms with Gasteiger partial charge in [0, 0.05) is 0 Å². The summed E-state index contributed by atoms with van der Waals surface area (Å²) >= 11 is -1.72. The smallest absolute Gasteiger partial charge is 1.00 e. The molecule has 44 valence electrons. The van der Waals surface area contributed by atoms with Crippen molar-refractivity contribution in [1.29, 1.82) is 0 Å². The first-order valence-electron chi connectivity index (χ1n) is 1.04. The van der Waals surface area contributed by atoms with Crippen LogP contribution in [0.1, 0.15) is 1.43 Å². The number of nitrogens with zero attached hydrogens (tertiary/aromatic N) is 1. The predicted molar refractivity (Wildman–Crippen MR) is 32.0 cm³/mol. The summed E-state index contributed by atoms with van der Waals surface area (Å²) in [6, 6.07) is 0. The van der Waals surface area contributed by atoms with Gasteiger partial charge in [-0.05, 0) is 0 Å². The molecule has 1 N–H and O–H groups in total. The Labute approximate surface area is 87.0 Å². The summed E-state index contributed by atoms with van der Waals surface area (Å²) in [5.41, 5.74) is 0. The Bertz CT molecular complexity index is 46.0. The average Bonchev–Trinajstić information content (AvgIpc) is 1.33. The first-order chi connectivity index (χ1) is 3.15. The molecule has 0 fully saturated rings. The van der Waals surface area contributed by atoms with E-state index in [9.17, 15) is 0 Å². The molecule has 0 aliphatic heterocycles. The van der Waals surface area contributed by atoms with Crippen LogP contribution in [0, 0.1) is 4.91 Å². The van der Waals surface area contributed by atoms with Crippen LogP contribution >= 0.6 is 30.1 Å². The molecule has 0 aromatic carbocycles. The molecule has 0 bridgehead atoms. The second-order valence-corrected chi connectivity index (χ2v) is 6.76. The third-order valence-corrected chi connectivity index (χ3v) is 0. The maximum atomic E-state index is 8.11. The van der Waals surface area contributed by atoms with Crippen LogP contribution in [0.3, 0.4) is 0 Å². The zero-order chi connectivity index (χ0) is 6.28. The molecule has 0 saturated carbocycles. The first-order valence-corrected chi connectivity index (χ1v) is 6.27. The molecule has 0 amide bonds. The molecule has 0 aliphatic rings. The molecule has 0 aromatic heterocycles. The van der Waals surface area contributed by atoms with Gasteiger partial charge in [-0.25, -0.2) is 30.1 Å². The van der Waals surface area contributed by atoms with Crippen molar-refractivity contribution in [2.24, 2.45) is 5.34 Å². The molecule has 0 heterocycles. The molecule has 0 atom stereocenters. The summed E-state index contributed by atoms with van der Waals surface area (Å²) in [4.78, 5) is 8.11. The van der Waals surface area contributed by atoms with E-state index in [1.54, 1.807) is 0 Å². The fourth-order valence-corrected chi connectivity index (χ4v) is 0. The minimum absolute atomic E-state index is 0. The predicted octanol–water partition coefficient (Wildman–Crippen LogP) is -1.05. The van der Waals surface area contributed by atoms with Crippen LogP contribution in [-0.2, 0) is 0 Å². The maximum absolute atomic E-state index is 8.11. The molecule has 8 heteroatoms. The Morgan fingerprint density at radius 1 is 1.50 bits per heavy atom. The standard InChI is InChI=1S/Al.3ClH.HNO2.Na.H/c;;;;2-1-3;;/h;3*1H;(H,2,3);;/q+3;;;;;+1;-1/p-3. The second-order valence-electron chi connectivity index (χ2n) is 0.329. The van der Waals surface area contributed by atoms with Crippen molar-refractivity contribution < 1.29 is 36.2 Å². The number of rotatable bonds is 0. The van der Waals surface area contributed by atoms with E-state index in [0.717, 1.165) is 0 Å². The first kappa shape index (κ1) is 16.4. The summed E-state index contributed by atoms with van der Waals surface area (Å²) in [5, 5.41) is 7.89. The Hall–Kier alpha value is 1.80. The van der Waals surface area contributed by atoms with E-state index in [-0.39, 0.29) is 31.0 Å². The second kappa shape index (κ2) is 15.9. The molecule has 0 unspecified atom stereocenters. The van der Waals surface area contributed by atoms with Gasteiger partial charge >= 0.3 is 40.9 Å². The number of hydrogen-bond acceptors (Lipinski definition) is 2.